The zero-order valence-electron chi connectivity index (χ0n) is 13.5. The zero-order chi connectivity index (χ0) is 15.8. The quantitative estimate of drug-likeness (QED) is 0.484. The maximum absolute atomic E-state index is 2.36. The molecule has 0 aliphatic carbocycles. The lowest BCUT2D eigenvalue weighted by Gasteiger charge is -2.14. The second-order valence-electron chi connectivity index (χ2n) is 6.18. The third-order valence-corrected chi connectivity index (χ3v) is 4.67. The Hall–Kier alpha value is -2.54. The van der Waals surface area contributed by atoms with Crippen LogP contribution in [0.15, 0.2) is 72.8 Å². The monoisotopic (exact) mass is 293 g/mol. The molecule has 0 spiro atoms. The van der Waals surface area contributed by atoms with E-state index in [9.17, 15) is 0 Å². The Balaban J connectivity index is 1.95. The van der Waals surface area contributed by atoms with Gasteiger partial charge < -0.3 is 0 Å². The molecule has 0 N–H and O–H groups in total. The summed E-state index contributed by atoms with van der Waals surface area (Å²) in [6, 6.07) is 26.1. The molecular weight excluding hydrogens is 275 g/mol. The van der Waals surface area contributed by atoms with Crippen LogP contribution in [0.3, 0.4) is 0 Å². The van der Waals surface area contributed by atoms with Gasteiger partial charge >= 0.3 is 0 Å². The number of hydrogen-bond donors (Lipinski definition) is 0. The number of rotatable bonds is 2. The Bertz CT molecular complexity index is 931. The predicted octanol–water partition coefficient (Wildman–Crippen LogP) is 4.26. The van der Waals surface area contributed by atoms with Gasteiger partial charge in [-0.05, 0) is 35.4 Å². The van der Waals surface area contributed by atoms with Gasteiger partial charge in [0.05, 0.1) is 0 Å². The highest BCUT2D eigenvalue weighted by Crippen LogP contribution is 2.16. The molecule has 0 bridgehead atoms. The number of aryl methyl sites for hydroxylation is 2. The van der Waals surface area contributed by atoms with Crippen molar-refractivity contribution in [3.63, 3.8) is 0 Å². The number of hydrogen-bond acceptors (Lipinski definition) is 0. The normalized spacial score (nSPS) is 11.0. The van der Waals surface area contributed by atoms with E-state index in [0.717, 1.165) is 0 Å². The van der Waals surface area contributed by atoms with E-state index in [0.29, 0.717) is 0 Å². The molecule has 0 fully saturated rings. The Morgan fingerprint density at radius 1 is 0.522 bits per heavy atom. The summed E-state index contributed by atoms with van der Waals surface area (Å²) in [6.07, 6.45) is 0. The van der Waals surface area contributed by atoms with E-state index in [-0.39, 0.29) is 0 Å². The second kappa shape index (κ2) is 5.59. The van der Waals surface area contributed by atoms with Gasteiger partial charge in [-0.25, -0.2) is 0 Å². The largest absolute Gasteiger partial charge is 0.193 e. The van der Waals surface area contributed by atoms with Crippen LogP contribution in [0.25, 0.3) is 21.5 Å². The third-order valence-electron chi connectivity index (χ3n) is 4.67. The van der Waals surface area contributed by atoms with E-state index >= 15 is 0 Å². The van der Waals surface area contributed by atoms with Crippen LogP contribution in [0.4, 0.5) is 0 Å². The summed E-state index contributed by atoms with van der Waals surface area (Å²) < 4.78 is 0. The minimum atomic E-state index is 1.29. The molecule has 0 saturated heterocycles. The first-order valence-electron chi connectivity index (χ1n) is 8.05. The van der Waals surface area contributed by atoms with Gasteiger partial charge in [0.1, 0.15) is 0 Å². The lowest BCUT2D eigenvalue weighted by Crippen LogP contribution is -2.32. The SMILES string of the molecule is Cc1ccc2ccccc2c1[B]c1c(C)ccc2ccccc12. The first-order chi connectivity index (χ1) is 11.2. The maximum Gasteiger partial charge on any atom is 0.193 e. The summed E-state index contributed by atoms with van der Waals surface area (Å²) in [5.74, 6) is 0. The van der Waals surface area contributed by atoms with Crippen molar-refractivity contribution in [2.24, 2.45) is 0 Å². The second-order valence-corrected chi connectivity index (χ2v) is 6.18. The van der Waals surface area contributed by atoms with Gasteiger partial charge in [-0.2, -0.15) is 0 Å². The predicted molar refractivity (Wildman–Crippen MR) is 102 cm³/mol. The highest BCUT2D eigenvalue weighted by atomic mass is 14.1. The molecule has 0 nitrogen and oxygen atoms in total. The minimum Gasteiger partial charge on any atom is -0.0708 e. The van der Waals surface area contributed by atoms with Crippen LogP contribution in [-0.2, 0) is 0 Å². The molecule has 109 valence electrons. The van der Waals surface area contributed by atoms with Crippen molar-refractivity contribution in [1.29, 1.82) is 0 Å². The van der Waals surface area contributed by atoms with Crippen LogP contribution in [0, 0.1) is 13.8 Å². The van der Waals surface area contributed by atoms with E-state index in [1.165, 1.54) is 43.6 Å². The molecule has 0 unspecified atom stereocenters. The highest BCUT2D eigenvalue weighted by Gasteiger charge is 2.11. The van der Waals surface area contributed by atoms with Crippen molar-refractivity contribution in [3.8, 4) is 0 Å². The molecule has 0 amide bonds. The summed E-state index contributed by atoms with van der Waals surface area (Å²) in [4.78, 5) is 0. The summed E-state index contributed by atoms with van der Waals surface area (Å²) in [5, 5.41) is 5.23. The van der Waals surface area contributed by atoms with Crippen molar-refractivity contribution in [2.75, 3.05) is 0 Å². The van der Waals surface area contributed by atoms with Crippen LogP contribution in [0.5, 0.6) is 0 Å². The van der Waals surface area contributed by atoms with E-state index in [2.05, 4.69) is 93.9 Å². The minimum absolute atomic E-state index is 1.29. The summed E-state index contributed by atoms with van der Waals surface area (Å²) in [6.45, 7) is 4.39. The fourth-order valence-electron chi connectivity index (χ4n) is 3.34. The molecule has 4 aromatic rings. The van der Waals surface area contributed by atoms with E-state index in [4.69, 9.17) is 0 Å². The summed E-state index contributed by atoms with van der Waals surface area (Å²) in [7, 11) is 2.36. The van der Waals surface area contributed by atoms with Crippen LogP contribution in [-0.4, -0.2) is 7.28 Å². The standard InChI is InChI=1S/C22H18B/c1-15-11-13-17-7-3-5-9-19(17)21(15)23-22-16(2)12-14-18-8-4-6-10-20(18)22/h3-14H,1-2H3. The topological polar surface area (TPSA) is 0 Å². The lowest BCUT2D eigenvalue weighted by atomic mass is 9.58. The van der Waals surface area contributed by atoms with Crippen molar-refractivity contribution in [2.45, 2.75) is 13.8 Å². The third kappa shape index (κ3) is 2.43. The smallest absolute Gasteiger partial charge is 0.0708 e. The molecule has 0 heterocycles. The molecule has 0 aromatic heterocycles. The maximum atomic E-state index is 2.36. The molecule has 4 rings (SSSR count). The first kappa shape index (κ1) is 14.1. The first-order valence-corrected chi connectivity index (χ1v) is 8.05. The van der Waals surface area contributed by atoms with Crippen LogP contribution >= 0.6 is 0 Å². The molecule has 4 aromatic carbocycles. The van der Waals surface area contributed by atoms with E-state index in [1.807, 2.05) is 0 Å². The molecule has 0 aliphatic heterocycles. The van der Waals surface area contributed by atoms with E-state index in [1.54, 1.807) is 0 Å². The van der Waals surface area contributed by atoms with Gasteiger partial charge in [-0.3, -0.25) is 0 Å². The molecule has 0 atom stereocenters. The fourth-order valence-corrected chi connectivity index (χ4v) is 3.34. The van der Waals surface area contributed by atoms with Crippen molar-refractivity contribution in [1.82, 2.24) is 0 Å². The average molecular weight is 293 g/mol. The summed E-state index contributed by atoms with van der Waals surface area (Å²) >= 11 is 0. The van der Waals surface area contributed by atoms with Crippen LogP contribution in [0.1, 0.15) is 11.1 Å². The average Bonchev–Trinajstić information content (AvgIpc) is 2.59. The van der Waals surface area contributed by atoms with E-state index < -0.39 is 0 Å². The van der Waals surface area contributed by atoms with Crippen molar-refractivity contribution >= 4 is 39.8 Å². The number of fused-ring (bicyclic) bond motifs is 2. The van der Waals surface area contributed by atoms with Gasteiger partial charge in [0, 0.05) is 0 Å². The molecule has 0 saturated carbocycles. The van der Waals surface area contributed by atoms with Gasteiger partial charge in [-0.15, -0.1) is 0 Å². The van der Waals surface area contributed by atoms with Crippen LogP contribution < -0.4 is 10.9 Å². The van der Waals surface area contributed by atoms with Crippen molar-refractivity contribution in [3.05, 3.63) is 83.9 Å². The molecular formula is C22H18B. The molecule has 1 heteroatoms. The van der Waals surface area contributed by atoms with Gasteiger partial charge in [0.15, 0.2) is 7.28 Å². The number of benzene rings is 4. The Labute approximate surface area is 138 Å². The molecule has 23 heavy (non-hydrogen) atoms. The molecule has 1 radical (unpaired) electrons. The van der Waals surface area contributed by atoms with Gasteiger partial charge in [0.25, 0.3) is 0 Å². The van der Waals surface area contributed by atoms with Crippen molar-refractivity contribution < 1.29 is 0 Å². The summed E-state index contributed by atoms with van der Waals surface area (Å²) in [5.41, 5.74) is 5.28. The zero-order valence-corrected chi connectivity index (χ0v) is 13.5. The Kier molecular flexibility index (Phi) is 3.42. The fraction of sp³-hybridized carbons (Fsp3) is 0.0909. The Morgan fingerprint density at radius 3 is 1.43 bits per heavy atom. The van der Waals surface area contributed by atoms with Gasteiger partial charge in [0.2, 0.25) is 0 Å². The Morgan fingerprint density at radius 2 is 0.957 bits per heavy atom. The van der Waals surface area contributed by atoms with Gasteiger partial charge in [-0.1, -0.05) is 94.8 Å². The highest BCUT2D eigenvalue weighted by molar-refractivity contribution is 6.73. The lowest BCUT2D eigenvalue weighted by molar-refractivity contribution is 1.53. The molecule has 0 aliphatic rings. The van der Waals surface area contributed by atoms with Crippen LogP contribution in [0.2, 0.25) is 0 Å².